The molecule has 0 nitrogen and oxygen atoms in total. The Morgan fingerprint density at radius 2 is 1.47 bits per heavy atom. The summed E-state index contributed by atoms with van der Waals surface area (Å²) >= 11 is 0. The van der Waals surface area contributed by atoms with Gasteiger partial charge in [0.05, 0.1) is 0 Å². The molecule has 1 atom stereocenters. The van der Waals surface area contributed by atoms with E-state index < -0.39 is 0 Å². The fourth-order valence-electron chi connectivity index (χ4n) is 2.50. The highest BCUT2D eigenvalue weighted by Crippen LogP contribution is 2.37. The third-order valence-corrected chi connectivity index (χ3v) is 4.14. The van der Waals surface area contributed by atoms with Gasteiger partial charge in [-0.2, -0.15) is 0 Å². The fraction of sp³-hybridized carbons (Fsp3) is 0.263. The molecule has 0 spiro atoms. The van der Waals surface area contributed by atoms with Crippen LogP contribution in [0.1, 0.15) is 37.5 Å². The second-order valence-electron chi connectivity index (χ2n) is 5.32. The normalized spacial score (nSPS) is 13.8. The molecule has 0 saturated heterocycles. The number of aryl methyl sites for hydroxylation is 1. The van der Waals surface area contributed by atoms with E-state index in [0.717, 1.165) is 6.42 Å². The zero-order chi connectivity index (χ0) is 13.9. The number of allylic oxidation sites excluding steroid dienone is 1. The van der Waals surface area contributed by atoms with Gasteiger partial charge in [-0.15, -0.1) is 0 Å². The molecule has 0 saturated carbocycles. The molecule has 0 aliphatic carbocycles. The van der Waals surface area contributed by atoms with Crippen LogP contribution in [-0.2, 0) is 11.8 Å². The number of rotatable bonds is 4. The fourth-order valence-corrected chi connectivity index (χ4v) is 2.50. The van der Waals surface area contributed by atoms with Gasteiger partial charge < -0.3 is 0 Å². The van der Waals surface area contributed by atoms with Crippen LogP contribution in [0.3, 0.4) is 0 Å². The van der Waals surface area contributed by atoms with Crippen LogP contribution in [0.4, 0.5) is 0 Å². The standard InChI is InChI=1S/C19H22/c1-5-16-11-13-18(14-12-16)19(4,15(2)3)17-9-7-6-8-10-17/h6-14H,2,5H2,1,3-4H3. The molecular formula is C19H22. The van der Waals surface area contributed by atoms with Gasteiger partial charge in [0, 0.05) is 5.41 Å². The lowest BCUT2D eigenvalue weighted by atomic mass is 9.71. The summed E-state index contributed by atoms with van der Waals surface area (Å²) in [6.07, 6.45) is 1.08. The third kappa shape index (κ3) is 2.49. The van der Waals surface area contributed by atoms with Crippen LogP contribution >= 0.6 is 0 Å². The molecule has 0 aromatic heterocycles. The maximum atomic E-state index is 4.22. The van der Waals surface area contributed by atoms with E-state index in [0.29, 0.717) is 0 Å². The van der Waals surface area contributed by atoms with E-state index in [2.05, 4.69) is 81.9 Å². The van der Waals surface area contributed by atoms with Crippen LogP contribution in [0, 0.1) is 0 Å². The van der Waals surface area contributed by atoms with E-state index in [4.69, 9.17) is 0 Å². The predicted octanol–water partition coefficient (Wildman–Crippen LogP) is 5.13. The van der Waals surface area contributed by atoms with Crippen molar-refractivity contribution in [1.82, 2.24) is 0 Å². The van der Waals surface area contributed by atoms with E-state index in [1.807, 2.05) is 0 Å². The van der Waals surface area contributed by atoms with Gasteiger partial charge in [0.25, 0.3) is 0 Å². The van der Waals surface area contributed by atoms with Gasteiger partial charge in [0.15, 0.2) is 0 Å². The third-order valence-electron chi connectivity index (χ3n) is 4.14. The van der Waals surface area contributed by atoms with Gasteiger partial charge in [0.2, 0.25) is 0 Å². The molecule has 2 rings (SSSR count). The van der Waals surface area contributed by atoms with Crippen LogP contribution in [-0.4, -0.2) is 0 Å². The second-order valence-corrected chi connectivity index (χ2v) is 5.32. The first kappa shape index (κ1) is 13.6. The zero-order valence-electron chi connectivity index (χ0n) is 12.1. The predicted molar refractivity (Wildman–Crippen MR) is 83.5 cm³/mol. The van der Waals surface area contributed by atoms with Gasteiger partial charge in [-0.1, -0.05) is 73.7 Å². The molecule has 0 aliphatic heterocycles. The Kier molecular flexibility index (Phi) is 3.90. The van der Waals surface area contributed by atoms with Crippen molar-refractivity contribution < 1.29 is 0 Å². The van der Waals surface area contributed by atoms with E-state index >= 15 is 0 Å². The van der Waals surface area contributed by atoms with Gasteiger partial charge in [-0.3, -0.25) is 0 Å². The highest BCUT2D eigenvalue weighted by Gasteiger charge is 2.29. The van der Waals surface area contributed by atoms with Crippen molar-refractivity contribution in [2.24, 2.45) is 0 Å². The van der Waals surface area contributed by atoms with E-state index in [9.17, 15) is 0 Å². The van der Waals surface area contributed by atoms with Crippen molar-refractivity contribution in [3.8, 4) is 0 Å². The van der Waals surface area contributed by atoms with Gasteiger partial charge in [0.1, 0.15) is 0 Å². The molecule has 2 aromatic carbocycles. The highest BCUT2D eigenvalue weighted by molar-refractivity contribution is 5.46. The van der Waals surface area contributed by atoms with Crippen molar-refractivity contribution in [3.05, 3.63) is 83.4 Å². The Morgan fingerprint density at radius 1 is 0.947 bits per heavy atom. The van der Waals surface area contributed by atoms with E-state index in [1.54, 1.807) is 0 Å². The molecular weight excluding hydrogens is 228 g/mol. The topological polar surface area (TPSA) is 0 Å². The van der Waals surface area contributed by atoms with Crippen molar-refractivity contribution in [2.45, 2.75) is 32.6 Å². The van der Waals surface area contributed by atoms with Gasteiger partial charge in [-0.05, 0) is 37.0 Å². The summed E-state index contributed by atoms with van der Waals surface area (Å²) < 4.78 is 0. The summed E-state index contributed by atoms with van der Waals surface area (Å²) in [5, 5.41) is 0. The van der Waals surface area contributed by atoms with Crippen molar-refractivity contribution >= 4 is 0 Å². The van der Waals surface area contributed by atoms with E-state index in [-0.39, 0.29) is 5.41 Å². The Morgan fingerprint density at radius 3 is 1.95 bits per heavy atom. The summed E-state index contributed by atoms with van der Waals surface area (Å²) in [6.45, 7) is 10.8. The molecule has 0 N–H and O–H groups in total. The molecule has 0 fully saturated rings. The lowest BCUT2D eigenvalue weighted by Crippen LogP contribution is -2.24. The van der Waals surface area contributed by atoms with Crippen LogP contribution in [0.15, 0.2) is 66.7 Å². The lowest BCUT2D eigenvalue weighted by molar-refractivity contribution is 0.676. The Labute approximate surface area is 116 Å². The van der Waals surface area contributed by atoms with Gasteiger partial charge >= 0.3 is 0 Å². The summed E-state index contributed by atoms with van der Waals surface area (Å²) in [7, 11) is 0. The molecule has 0 bridgehead atoms. The number of hydrogen-bond donors (Lipinski definition) is 0. The van der Waals surface area contributed by atoms with Crippen molar-refractivity contribution in [2.75, 3.05) is 0 Å². The van der Waals surface area contributed by atoms with Crippen molar-refractivity contribution in [1.29, 1.82) is 0 Å². The first-order valence-corrected chi connectivity index (χ1v) is 6.90. The Bertz CT molecular complexity index is 548. The average molecular weight is 250 g/mol. The van der Waals surface area contributed by atoms with Crippen molar-refractivity contribution in [3.63, 3.8) is 0 Å². The lowest BCUT2D eigenvalue weighted by Gasteiger charge is -2.32. The average Bonchev–Trinajstić information content (AvgIpc) is 2.47. The molecule has 0 aliphatic rings. The van der Waals surface area contributed by atoms with Crippen LogP contribution < -0.4 is 0 Å². The molecule has 0 amide bonds. The molecule has 0 heteroatoms. The Balaban J connectivity index is 2.53. The summed E-state index contributed by atoms with van der Waals surface area (Å²) in [6, 6.07) is 19.5. The second kappa shape index (κ2) is 5.44. The van der Waals surface area contributed by atoms with E-state index in [1.165, 1.54) is 22.3 Å². The maximum absolute atomic E-state index is 4.22. The van der Waals surface area contributed by atoms with Crippen LogP contribution in [0.5, 0.6) is 0 Å². The van der Waals surface area contributed by atoms with Crippen LogP contribution in [0.25, 0.3) is 0 Å². The number of hydrogen-bond acceptors (Lipinski definition) is 0. The quantitative estimate of drug-likeness (QED) is 0.660. The first-order chi connectivity index (χ1) is 9.09. The smallest absolute Gasteiger partial charge is 0.0377 e. The molecule has 98 valence electrons. The largest absolute Gasteiger partial charge is 0.0989 e. The first-order valence-electron chi connectivity index (χ1n) is 6.90. The molecule has 19 heavy (non-hydrogen) atoms. The molecule has 1 unspecified atom stereocenters. The maximum Gasteiger partial charge on any atom is 0.0377 e. The SMILES string of the molecule is C=C(C)C(C)(c1ccccc1)c1ccc(CC)cc1. The van der Waals surface area contributed by atoms with Crippen LogP contribution in [0.2, 0.25) is 0 Å². The Hall–Kier alpha value is -1.82. The zero-order valence-corrected chi connectivity index (χ0v) is 12.1. The summed E-state index contributed by atoms with van der Waals surface area (Å²) in [4.78, 5) is 0. The monoisotopic (exact) mass is 250 g/mol. The molecule has 0 radical (unpaired) electrons. The minimum atomic E-state index is -0.118. The minimum Gasteiger partial charge on any atom is -0.0989 e. The highest BCUT2D eigenvalue weighted by atomic mass is 14.3. The number of benzene rings is 2. The summed E-state index contributed by atoms with van der Waals surface area (Å²) in [5.74, 6) is 0. The minimum absolute atomic E-state index is 0.118. The molecule has 2 aromatic rings. The summed E-state index contributed by atoms with van der Waals surface area (Å²) in [5.41, 5.74) is 5.03. The van der Waals surface area contributed by atoms with Gasteiger partial charge in [-0.25, -0.2) is 0 Å². The molecule has 0 heterocycles.